The van der Waals surface area contributed by atoms with Gasteiger partial charge in [-0.2, -0.15) is 0 Å². The predicted octanol–water partition coefficient (Wildman–Crippen LogP) is 0.395. The van der Waals surface area contributed by atoms with Crippen LogP contribution in [0.1, 0.15) is 20.8 Å². The summed E-state index contributed by atoms with van der Waals surface area (Å²) in [6.07, 6.45) is 0. The van der Waals surface area contributed by atoms with Gasteiger partial charge < -0.3 is 10.2 Å². The van der Waals surface area contributed by atoms with Gasteiger partial charge in [0.1, 0.15) is 0 Å². The van der Waals surface area contributed by atoms with Gasteiger partial charge in [-0.3, -0.25) is 9.69 Å². The summed E-state index contributed by atoms with van der Waals surface area (Å²) in [5.41, 5.74) is 0. The van der Waals surface area contributed by atoms with Crippen LogP contribution in [-0.4, -0.2) is 61.0 Å². The summed E-state index contributed by atoms with van der Waals surface area (Å²) in [6.45, 7) is 12.3. The minimum absolute atomic E-state index is 0.0560. The molecule has 1 amide bonds. The summed E-state index contributed by atoms with van der Waals surface area (Å²) in [4.78, 5) is 16.6. The zero-order valence-corrected chi connectivity index (χ0v) is 11.3. The molecule has 0 aromatic carbocycles. The van der Waals surface area contributed by atoms with Gasteiger partial charge in [0.05, 0.1) is 6.04 Å². The molecule has 0 bridgehead atoms. The number of carbonyl (C=O) groups excluding carboxylic acids is 1. The molecule has 0 aliphatic carbocycles. The van der Waals surface area contributed by atoms with Crippen LogP contribution in [0.25, 0.3) is 0 Å². The highest BCUT2D eigenvalue weighted by Crippen LogP contribution is 2.27. The first-order chi connectivity index (χ1) is 8.17. The Morgan fingerprint density at radius 1 is 1.29 bits per heavy atom. The molecule has 0 saturated carbocycles. The summed E-state index contributed by atoms with van der Waals surface area (Å²) < 4.78 is 0. The van der Waals surface area contributed by atoms with Crippen molar-refractivity contribution in [3.05, 3.63) is 0 Å². The largest absolute Gasteiger partial charge is 0.342 e. The molecule has 2 aliphatic heterocycles. The van der Waals surface area contributed by atoms with Gasteiger partial charge in [0, 0.05) is 26.2 Å². The highest BCUT2D eigenvalue weighted by atomic mass is 16.2. The van der Waals surface area contributed by atoms with Gasteiger partial charge in [0.15, 0.2) is 0 Å². The number of hydrogen-bond acceptors (Lipinski definition) is 3. The lowest BCUT2D eigenvalue weighted by molar-refractivity contribution is -0.135. The summed E-state index contributed by atoms with van der Waals surface area (Å²) in [5, 5.41) is 3.44. The van der Waals surface area contributed by atoms with Crippen molar-refractivity contribution in [3.8, 4) is 0 Å². The Balaban J connectivity index is 1.92. The number of rotatable bonds is 4. The van der Waals surface area contributed by atoms with Gasteiger partial charge in [-0.05, 0) is 45.7 Å². The van der Waals surface area contributed by atoms with Crippen LogP contribution in [0, 0.1) is 11.8 Å². The molecule has 0 aromatic rings. The first-order valence-electron chi connectivity index (χ1n) is 6.90. The molecular weight excluding hydrogens is 214 g/mol. The van der Waals surface area contributed by atoms with Crippen LogP contribution < -0.4 is 5.32 Å². The maximum Gasteiger partial charge on any atom is 0.239 e. The summed E-state index contributed by atoms with van der Waals surface area (Å²) in [6, 6.07) is 0.0560. The molecule has 1 N–H and O–H groups in total. The smallest absolute Gasteiger partial charge is 0.239 e. The molecule has 4 heteroatoms. The number of nitrogens with zero attached hydrogens (tertiary/aromatic N) is 2. The highest BCUT2D eigenvalue weighted by Gasteiger charge is 2.39. The van der Waals surface area contributed by atoms with Crippen molar-refractivity contribution in [2.24, 2.45) is 11.8 Å². The van der Waals surface area contributed by atoms with Crippen LogP contribution >= 0.6 is 0 Å². The molecular formula is C13H25N3O. The van der Waals surface area contributed by atoms with Crippen molar-refractivity contribution in [3.63, 3.8) is 0 Å². The van der Waals surface area contributed by atoms with E-state index in [0.717, 1.165) is 51.1 Å². The zero-order valence-electron chi connectivity index (χ0n) is 11.3. The lowest BCUT2D eigenvalue weighted by Crippen LogP contribution is -2.47. The molecule has 3 unspecified atom stereocenters. The van der Waals surface area contributed by atoms with Crippen LogP contribution in [0.4, 0.5) is 0 Å². The maximum absolute atomic E-state index is 12.3. The van der Waals surface area contributed by atoms with Gasteiger partial charge >= 0.3 is 0 Å². The Kier molecular flexibility index (Phi) is 4.05. The van der Waals surface area contributed by atoms with Crippen LogP contribution in [-0.2, 0) is 4.79 Å². The SMILES string of the molecule is CCN(CC)C(=O)C(C)N1CC2CNCC2C1. The fraction of sp³-hybridized carbons (Fsp3) is 0.923. The molecule has 2 saturated heterocycles. The molecule has 0 aromatic heterocycles. The van der Waals surface area contributed by atoms with Crippen molar-refractivity contribution >= 4 is 5.91 Å². The summed E-state index contributed by atoms with van der Waals surface area (Å²) >= 11 is 0. The van der Waals surface area contributed by atoms with Crippen LogP contribution in [0.3, 0.4) is 0 Å². The molecule has 2 aliphatic rings. The number of amides is 1. The van der Waals surface area contributed by atoms with E-state index in [-0.39, 0.29) is 6.04 Å². The molecule has 3 atom stereocenters. The second kappa shape index (κ2) is 5.36. The normalized spacial score (nSPS) is 30.3. The van der Waals surface area contributed by atoms with Crippen molar-refractivity contribution in [1.29, 1.82) is 0 Å². The van der Waals surface area contributed by atoms with Gasteiger partial charge in [-0.1, -0.05) is 0 Å². The van der Waals surface area contributed by atoms with Gasteiger partial charge in [-0.15, -0.1) is 0 Å². The fourth-order valence-corrected chi connectivity index (χ4v) is 3.16. The Morgan fingerprint density at radius 3 is 2.29 bits per heavy atom. The minimum Gasteiger partial charge on any atom is -0.342 e. The quantitative estimate of drug-likeness (QED) is 0.771. The van der Waals surface area contributed by atoms with Crippen LogP contribution in [0.2, 0.25) is 0 Å². The van der Waals surface area contributed by atoms with E-state index < -0.39 is 0 Å². The van der Waals surface area contributed by atoms with E-state index in [2.05, 4.69) is 31.0 Å². The van der Waals surface area contributed by atoms with Crippen LogP contribution in [0.15, 0.2) is 0 Å². The lowest BCUT2D eigenvalue weighted by Gasteiger charge is -2.29. The Labute approximate surface area is 104 Å². The molecule has 0 spiro atoms. The first kappa shape index (κ1) is 12.8. The average molecular weight is 239 g/mol. The second-order valence-electron chi connectivity index (χ2n) is 5.32. The number of nitrogens with one attached hydrogen (secondary N) is 1. The van der Waals surface area contributed by atoms with E-state index in [9.17, 15) is 4.79 Å². The minimum atomic E-state index is 0.0560. The summed E-state index contributed by atoms with van der Waals surface area (Å²) in [5.74, 6) is 1.83. The standard InChI is InChI=1S/C13H25N3O/c1-4-15(5-2)13(17)10(3)16-8-11-6-14-7-12(11)9-16/h10-12,14H,4-9H2,1-3H3. The maximum atomic E-state index is 12.3. The van der Waals surface area contributed by atoms with Crippen LogP contribution in [0.5, 0.6) is 0 Å². The topological polar surface area (TPSA) is 35.6 Å². The lowest BCUT2D eigenvalue weighted by atomic mass is 10.0. The molecule has 98 valence electrons. The van der Waals surface area contributed by atoms with E-state index in [1.807, 2.05) is 4.90 Å². The molecule has 2 heterocycles. The molecule has 2 fully saturated rings. The van der Waals surface area contributed by atoms with E-state index >= 15 is 0 Å². The van der Waals surface area contributed by atoms with E-state index in [4.69, 9.17) is 0 Å². The second-order valence-corrected chi connectivity index (χ2v) is 5.32. The average Bonchev–Trinajstić information content (AvgIpc) is 2.89. The molecule has 17 heavy (non-hydrogen) atoms. The van der Waals surface area contributed by atoms with Crippen molar-refractivity contribution in [1.82, 2.24) is 15.1 Å². The Hall–Kier alpha value is -0.610. The Morgan fingerprint density at radius 2 is 1.82 bits per heavy atom. The van der Waals surface area contributed by atoms with Gasteiger partial charge in [0.2, 0.25) is 5.91 Å². The number of carbonyl (C=O) groups is 1. The van der Waals surface area contributed by atoms with E-state index in [1.165, 1.54) is 0 Å². The Bertz CT molecular complexity index is 266. The van der Waals surface area contributed by atoms with Crippen molar-refractivity contribution < 1.29 is 4.79 Å². The monoisotopic (exact) mass is 239 g/mol. The third-order valence-corrected chi connectivity index (χ3v) is 4.40. The third kappa shape index (κ3) is 2.47. The van der Waals surface area contributed by atoms with Crippen molar-refractivity contribution in [2.75, 3.05) is 39.3 Å². The molecule has 0 radical (unpaired) electrons. The molecule has 4 nitrogen and oxygen atoms in total. The van der Waals surface area contributed by atoms with Gasteiger partial charge in [-0.25, -0.2) is 0 Å². The number of likely N-dealkylation sites (N-methyl/N-ethyl adjacent to an activating group) is 1. The highest BCUT2D eigenvalue weighted by molar-refractivity contribution is 5.81. The zero-order chi connectivity index (χ0) is 12.4. The van der Waals surface area contributed by atoms with E-state index in [1.54, 1.807) is 0 Å². The van der Waals surface area contributed by atoms with E-state index in [0.29, 0.717) is 5.91 Å². The predicted molar refractivity (Wildman–Crippen MR) is 68.8 cm³/mol. The van der Waals surface area contributed by atoms with Crippen molar-refractivity contribution in [2.45, 2.75) is 26.8 Å². The third-order valence-electron chi connectivity index (χ3n) is 4.40. The fourth-order valence-electron chi connectivity index (χ4n) is 3.16. The number of hydrogen-bond donors (Lipinski definition) is 1. The number of likely N-dealkylation sites (tertiary alicyclic amines) is 1. The van der Waals surface area contributed by atoms with Gasteiger partial charge in [0.25, 0.3) is 0 Å². The summed E-state index contributed by atoms with van der Waals surface area (Å²) in [7, 11) is 0. The molecule has 2 rings (SSSR count). The number of fused-ring (bicyclic) bond motifs is 1. The first-order valence-corrected chi connectivity index (χ1v) is 6.90.